The van der Waals surface area contributed by atoms with E-state index in [1.54, 1.807) is 0 Å². The third-order valence-corrected chi connectivity index (χ3v) is 9.53. The summed E-state index contributed by atoms with van der Waals surface area (Å²) in [5.74, 6) is 0. The summed E-state index contributed by atoms with van der Waals surface area (Å²) in [6.45, 7) is 4.77. The fraction of sp³-hybridized carbons (Fsp3) is 0.250. The highest BCUT2D eigenvalue weighted by molar-refractivity contribution is 5.92. The number of hydrogen-bond donors (Lipinski definition) is 0. The Bertz CT molecular complexity index is 1860. The maximum Gasteiger partial charge on any atom is 0.0709 e. The molecule has 0 saturated heterocycles. The van der Waals surface area contributed by atoms with E-state index in [1.807, 2.05) is 55.4 Å². The van der Waals surface area contributed by atoms with Crippen molar-refractivity contribution in [2.24, 2.45) is 0 Å². The molecule has 4 nitrogen and oxygen atoms in total. The molecule has 0 aliphatic heterocycles. The first-order valence-electron chi connectivity index (χ1n) is 16.0. The predicted molar refractivity (Wildman–Crippen MR) is 181 cm³/mol. The third kappa shape index (κ3) is 5.09. The molecule has 4 heterocycles. The van der Waals surface area contributed by atoms with Gasteiger partial charge in [-0.1, -0.05) is 69.9 Å². The summed E-state index contributed by atoms with van der Waals surface area (Å²) in [4.78, 5) is 18.4. The lowest BCUT2D eigenvalue weighted by Crippen LogP contribution is -2.22. The van der Waals surface area contributed by atoms with Crippen LogP contribution in [-0.2, 0) is 5.41 Å². The van der Waals surface area contributed by atoms with Crippen LogP contribution in [0.4, 0.5) is 0 Å². The molecule has 5 aromatic rings. The topological polar surface area (TPSA) is 51.6 Å². The zero-order chi connectivity index (χ0) is 29.9. The van der Waals surface area contributed by atoms with E-state index in [4.69, 9.17) is 0 Å². The number of allylic oxidation sites excluding steroid dienone is 4. The molecule has 1 atom stereocenters. The summed E-state index contributed by atoms with van der Waals surface area (Å²) in [5, 5.41) is 0. The number of unbranched alkanes of at least 4 members (excludes halogenated alkanes) is 3. The second-order valence-corrected chi connectivity index (χ2v) is 12.2. The lowest BCUT2D eigenvalue weighted by atomic mass is 9.72. The van der Waals surface area contributed by atoms with E-state index >= 15 is 0 Å². The number of hydrogen-bond acceptors (Lipinski definition) is 4. The average Bonchev–Trinajstić information content (AvgIpc) is 3.34. The summed E-state index contributed by atoms with van der Waals surface area (Å²) >= 11 is 0. The summed E-state index contributed by atoms with van der Waals surface area (Å²) < 4.78 is 0. The maximum atomic E-state index is 4.68. The lowest BCUT2D eigenvalue weighted by Gasteiger charge is -2.31. The molecule has 44 heavy (non-hydrogen) atoms. The Hall–Kier alpha value is -4.70. The van der Waals surface area contributed by atoms with E-state index in [0.717, 1.165) is 47.3 Å². The minimum absolute atomic E-state index is 0.0686. The molecule has 4 heteroatoms. The first-order valence-corrected chi connectivity index (χ1v) is 16.0. The van der Waals surface area contributed by atoms with Crippen molar-refractivity contribution < 1.29 is 0 Å². The van der Waals surface area contributed by atoms with Gasteiger partial charge in [-0.2, -0.15) is 0 Å². The molecule has 0 radical (unpaired) electrons. The second kappa shape index (κ2) is 12.1. The molecule has 0 fully saturated rings. The molecule has 0 spiro atoms. The maximum absolute atomic E-state index is 4.68. The Morgan fingerprint density at radius 2 is 1.36 bits per heavy atom. The van der Waals surface area contributed by atoms with Gasteiger partial charge in [0.1, 0.15) is 0 Å². The highest BCUT2D eigenvalue weighted by Gasteiger charge is 2.41. The quantitative estimate of drug-likeness (QED) is 0.164. The lowest BCUT2D eigenvalue weighted by molar-refractivity contribution is 0.483. The van der Waals surface area contributed by atoms with Crippen molar-refractivity contribution in [1.82, 2.24) is 19.9 Å². The van der Waals surface area contributed by atoms with Crippen LogP contribution in [0, 0.1) is 0 Å². The Morgan fingerprint density at radius 3 is 2.05 bits per heavy atom. The molecule has 2 aliphatic carbocycles. The number of nitrogens with zero attached hydrogens (tertiary/aromatic N) is 4. The fourth-order valence-corrected chi connectivity index (χ4v) is 7.23. The monoisotopic (exact) mass is 574 g/mol. The van der Waals surface area contributed by atoms with Crippen LogP contribution < -0.4 is 0 Å². The largest absolute Gasteiger partial charge is 0.264 e. The molecule has 0 amide bonds. The zero-order valence-electron chi connectivity index (χ0n) is 25.6. The first-order chi connectivity index (χ1) is 21.7. The van der Waals surface area contributed by atoms with Crippen molar-refractivity contribution in [2.45, 2.75) is 64.2 Å². The standard InChI is InChI=1S/C40H38N4/c1-3-4-5-8-19-40(2)36-24-28(34-26-41-22-17-32(34)38-11-6-9-20-43-38)13-15-30(36)31-16-14-29(25-37(31)40)35-27-42-23-18-33(35)39-12-7-10-21-44-39/h6-7,9-13,15,17-18,20-27H,3-5,8,14,16,19H2,1-2H3. The Labute approximate surface area is 260 Å². The smallest absolute Gasteiger partial charge is 0.0709 e. The van der Waals surface area contributed by atoms with Gasteiger partial charge in [-0.05, 0) is 95.1 Å². The molecule has 0 saturated carbocycles. The van der Waals surface area contributed by atoms with Gasteiger partial charge < -0.3 is 0 Å². The summed E-state index contributed by atoms with van der Waals surface area (Å²) in [6.07, 6.45) is 22.1. The van der Waals surface area contributed by atoms with Crippen molar-refractivity contribution in [3.05, 3.63) is 132 Å². The van der Waals surface area contributed by atoms with Crippen LogP contribution in [0.1, 0.15) is 75.5 Å². The second-order valence-electron chi connectivity index (χ2n) is 12.2. The highest BCUT2D eigenvalue weighted by atomic mass is 14.7. The first kappa shape index (κ1) is 28.1. The number of pyridine rings is 4. The van der Waals surface area contributed by atoms with Gasteiger partial charge in [-0.25, -0.2) is 0 Å². The molecule has 1 aromatic carbocycles. The Balaban J connectivity index is 1.33. The molecular weight excluding hydrogens is 536 g/mol. The van der Waals surface area contributed by atoms with E-state index in [-0.39, 0.29) is 5.41 Å². The van der Waals surface area contributed by atoms with E-state index in [9.17, 15) is 0 Å². The summed E-state index contributed by atoms with van der Waals surface area (Å²) in [6, 6.07) is 23.5. The molecule has 0 N–H and O–H groups in total. The van der Waals surface area contributed by atoms with Gasteiger partial charge in [0.05, 0.1) is 11.4 Å². The molecule has 2 aliphatic rings. The molecular formula is C40H38N4. The van der Waals surface area contributed by atoms with Crippen LogP contribution in [-0.4, -0.2) is 19.9 Å². The van der Waals surface area contributed by atoms with Crippen LogP contribution >= 0.6 is 0 Å². The van der Waals surface area contributed by atoms with Crippen LogP contribution in [0.5, 0.6) is 0 Å². The van der Waals surface area contributed by atoms with E-state index in [0.29, 0.717) is 0 Å². The highest BCUT2D eigenvalue weighted by Crippen LogP contribution is 2.55. The van der Waals surface area contributed by atoms with Gasteiger partial charge in [0.2, 0.25) is 0 Å². The SMILES string of the molecule is CCCCCCC1(C)C2=C(CCC(c3cnccc3-c3ccccn3)=C2)c2ccc(-c3cnccc3-c3ccccn3)cc21. The van der Waals surface area contributed by atoms with Crippen molar-refractivity contribution in [2.75, 3.05) is 0 Å². The van der Waals surface area contributed by atoms with Crippen LogP contribution in [0.3, 0.4) is 0 Å². The van der Waals surface area contributed by atoms with E-state index < -0.39 is 0 Å². The molecule has 218 valence electrons. The minimum atomic E-state index is -0.0686. The van der Waals surface area contributed by atoms with Gasteiger partial charge >= 0.3 is 0 Å². The number of benzene rings is 1. The number of rotatable bonds is 9. The number of fused-ring (bicyclic) bond motifs is 2. The summed E-state index contributed by atoms with van der Waals surface area (Å²) in [5.41, 5.74) is 14.9. The van der Waals surface area contributed by atoms with E-state index in [1.165, 1.54) is 64.7 Å². The Kier molecular flexibility index (Phi) is 7.74. The van der Waals surface area contributed by atoms with Crippen molar-refractivity contribution in [3.63, 3.8) is 0 Å². The van der Waals surface area contributed by atoms with Crippen LogP contribution in [0.25, 0.3) is 44.8 Å². The van der Waals surface area contributed by atoms with Crippen LogP contribution in [0.2, 0.25) is 0 Å². The van der Waals surface area contributed by atoms with Gasteiger partial charge in [0.25, 0.3) is 0 Å². The van der Waals surface area contributed by atoms with Crippen molar-refractivity contribution in [1.29, 1.82) is 0 Å². The normalized spacial score (nSPS) is 17.3. The van der Waals surface area contributed by atoms with Gasteiger partial charge in [0.15, 0.2) is 0 Å². The average molecular weight is 575 g/mol. The Morgan fingerprint density at radius 1 is 0.659 bits per heavy atom. The van der Waals surface area contributed by atoms with Gasteiger partial charge in [0, 0.05) is 64.8 Å². The molecule has 7 rings (SSSR count). The number of aromatic nitrogens is 4. The molecule has 0 bridgehead atoms. The predicted octanol–water partition coefficient (Wildman–Crippen LogP) is 10.1. The third-order valence-electron chi connectivity index (χ3n) is 9.53. The fourth-order valence-electron chi connectivity index (χ4n) is 7.23. The minimum Gasteiger partial charge on any atom is -0.264 e. The van der Waals surface area contributed by atoms with Gasteiger partial charge in [-0.15, -0.1) is 0 Å². The van der Waals surface area contributed by atoms with E-state index in [2.05, 4.69) is 88.4 Å². The molecule has 1 unspecified atom stereocenters. The van der Waals surface area contributed by atoms with Crippen molar-refractivity contribution >= 4 is 11.1 Å². The zero-order valence-corrected chi connectivity index (χ0v) is 25.6. The summed E-state index contributed by atoms with van der Waals surface area (Å²) in [7, 11) is 0. The molecule has 4 aromatic heterocycles. The van der Waals surface area contributed by atoms with Crippen LogP contribution in [0.15, 0.2) is 116 Å². The van der Waals surface area contributed by atoms with Crippen molar-refractivity contribution in [3.8, 4) is 33.6 Å². The van der Waals surface area contributed by atoms with Gasteiger partial charge in [-0.3, -0.25) is 19.9 Å².